The zero-order valence-electron chi connectivity index (χ0n) is 44.1. The van der Waals surface area contributed by atoms with Crippen LogP contribution in [-0.4, -0.2) is 11.3 Å². The van der Waals surface area contributed by atoms with Crippen molar-refractivity contribution in [2.24, 2.45) is 0 Å². The maximum absolute atomic E-state index is 2.62. The number of aryl methyl sites for hydroxylation is 1. The quantitative estimate of drug-likeness (QED) is 0.163. The fourth-order valence-corrected chi connectivity index (χ4v) is 13.6. The normalized spacial score (nSPS) is 13.6. The number of hydrogen-bond acceptors (Lipinski definition) is 3. The molecule has 13 rings (SSSR count). The van der Waals surface area contributed by atoms with Crippen LogP contribution in [0.5, 0.6) is 0 Å². The maximum atomic E-state index is 2.62. The van der Waals surface area contributed by atoms with Crippen molar-refractivity contribution < 1.29 is 0 Å². The number of fused-ring (bicyclic) bond motifs is 10. The van der Waals surface area contributed by atoms with Gasteiger partial charge >= 0.3 is 0 Å². The average Bonchev–Trinajstić information content (AvgIpc) is 3.90. The molecule has 11 aromatic rings. The van der Waals surface area contributed by atoms with E-state index in [2.05, 4.69) is 266 Å². The number of rotatable bonds is 4. The minimum atomic E-state index is -0.0630. The summed E-state index contributed by atoms with van der Waals surface area (Å²) >= 11 is 1.88. The van der Waals surface area contributed by atoms with Crippen LogP contribution in [0.1, 0.15) is 90.1 Å². The summed E-state index contributed by atoms with van der Waals surface area (Å²) in [4.78, 5) is 5.21. The Kier molecular flexibility index (Phi) is 10.0. The molecule has 0 radical (unpaired) electrons. The topological polar surface area (TPSA) is 11.4 Å². The monoisotopic (exact) mass is 963 g/mol. The largest absolute Gasteiger partial charge is 0.311 e. The third kappa shape index (κ3) is 7.06. The summed E-state index contributed by atoms with van der Waals surface area (Å²) in [5.41, 5.74) is 24.0. The summed E-state index contributed by atoms with van der Waals surface area (Å²) in [6.07, 6.45) is 0. The molecular formula is C68H62BN3S. The van der Waals surface area contributed by atoms with Gasteiger partial charge in [0.15, 0.2) is 0 Å². The number of aromatic nitrogens is 1. The van der Waals surface area contributed by atoms with Crippen LogP contribution in [0.25, 0.3) is 58.8 Å². The Balaban J connectivity index is 1.10. The van der Waals surface area contributed by atoms with Gasteiger partial charge in [0, 0.05) is 70.8 Å². The van der Waals surface area contributed by atoms with Gasteiger partial charge in [0.05, 0.1) is 11.0 Å². The van der Waals surface area contributed by atoms with Gasteiger partial charge < -0.3 is 14.4 Å². The van der Waals surface area contributed by atoms with E-state index in [9.17, 15) is 0 Å². The molecule has 0 bridgehead atoms. The molecule has 0 atom stereocenters. The molecule has 73 heavy (non-hydrogen) atoms. The molecule has 0 saturated carbocycles. The number of thiophene rings is 1. The average molecular weight is 964 g/mol. The van der Waals surface area contributed by atoms with Gasteiger partial charge in [-0.3, -0.25) is 0 Å². The molecule has 0 spiro atoms. The summed E-state index contributed by atoms with van der Waals surface area (Å²) in [6.45, 7) is 25.6. The lowest BCUT2D eigenvalue weighted by Crippen LogP contribution is -2.61. The molecule has 2 aliphatic rings. The smallest absolute Gasteiger partial charge is 0.252 e. The Morgan fingerprint density at radius 2 is 1.07 bits per heavy atom. The lowest BCUT2D eigenvalue weighted by atomic mass is 9.33. The maximum Gasteiger partial charge on any atom is 0.252 e. The summed E-state index contributed by atoms with van der Waals surface area (Å²) in [5.74, 6) is 0. The van der Waals surface area contributed by atoms with Crippen LogP contribution in [0.15, 0.2) is 176 Å². The Morgan fingerprint density at radius 3 is 1.78 bits per heavy atom. The molecule has 0 N–H and O–H groups in total. The van der Waals surface area contributed by atoms with E-state index < -0.39 is 0 Å². The highest BCUT2D eigenvalue weighted by molar-refractivity contribution is 7.26. The summed E-state index contributed by atoms with van der Waals surface area (Å²) in [5, 5.41) is 5.21. The van der Waals surface area contributed by atoms with E-state index in [-0.39, 0.29) is 23.0 Å². The van der Waals surface area contributed by atoms with E-state index in [1.165, 1.54) is 126 Å². The van der Waals surface area contributed by atoms with E-state index in [1.54, 1.807) is 0 Å². The first-order valence-corrected chi connectivity index (χ1v) is 26.9. The van der Waals surface area contributed by atoms with Crippen LogP contribution in [0, 0.1) is 13.8 Å². The highest BCUT2D eigenvalue weighted by Crippen LogP contribution is 2.49. The van der Waals surface area contributed by atoms with E-state index in [0.717, 1.165) is 11.4 Å². The zero-order valence-corrected chi connectivity index (χ0v) is 44.9. The van der Waals surface area contributed by atoms with Crippen molar-refractivity contribution in [2.45, 2.75) is 92.4 Å². The third-order valence-electron chi connectivity index (χ3n) is 16.0. The van der Waals surface area contributed by atoms with Gasteiger partial charge in [-0.15, -0.1) is 11.3 Å². The Morgan fingerprint density at radius 1 is 0.438 bits per heavy atom. The highest BCUT2D eigenvalue weighted by Gasteiger charge is 2.45. The van der Waals surface area contributed by atoms with E-state index >= 15 is 0 Å². The molecule has 2 aliphatic heterocycles. The van der Waals surface area contributed by atoms with Crippen molar-refractivity contribution in [3.63, 3.8) is 0 Å². The fraction of sp³-hybridized carbons (Fsp3) is 0.206. The second-order valence-electron chi connectivity index (χ2n) is 23.9. The van der Waals surface area contributed by atoms with Crippen molar-refractivity contribution >= 4 is 111 Å². The summed E-state index contributed by atoms with van der Waals surface area (Å²) in [7, 11) is 0. The lowest BCUT2D eigenvalue weighted by Gasteiger charge is -2.45. The molecule has 2 aromatic heterocycles. The van der Waals surface area contributed by atoms with E-state index in [4.69, 9.17) is 0 Å². The Labute approximate surface area is 435 Å². The van der Waals surface area contributed by atoms with Crippen LogP contribution in [0.3, 0.4) is 0 Å². The fourth-order valence-electron chi connectivity index (χ4n) is 12.5. The number of anilines is 6. The molecule has 0 amide bonds. The Bertz CT molecular complexity index is 4040. The zero-order chi connectivity index (χ0) is 50.5. The number of para-hydroxylation sites is 1. The van der Waals surface area contributed by atoms with Crippen molar-refractivity contribution in [1.29, 1.82) is 0 Å². The number of benzene rings is 9. The predicted molar refractivity (Wildman–Crippen MR) is 319 cm³/mol. The minimum absolute atomic E-state index is 0.00789. The second kappa shape index (κ2) is 16.1. The highest BCUT2D eigenvalue weighted by atomic mass is 32.1. The Hall–Kier alpha value is -7.34. The van der Waals surface area contributed by atoms with Gasteiger partial charge in [-0.2, -0.15) is 0 Å². The van der Waals surface area contributed by atoms with Gasteiger partial charge in [0.2, 0.25) is 0 Å². The molecule has 4 heterocycles. The summed E-state index contributed by atoms with van der Waals surface area (Å²) < 4.78 is 5.16. The molecular weight excluding hydrogens is 902 g/mol. The molecule has 0 unspecified atom stereocenters. The first-order chi connectivity index (χ1) is 34.9. The van der Waals surface area contributed by atoms with Gasteiger partial charge in [0.25, 0.3) is 6.71 Å². The van der Waals surface area contributed by atoms with E-state index in [0.29, 0.717) is 0 Å². The van der Waals surface area contributed by atoms with Gasteiger partial charge in [-0.05, 0) is 158 Å². The van der Waals surface area contributed by atoms with Crippen molar-refractivity contribution in [2.75, 3.05) is 9.80 Å². The SMILES string of the molecule is Cc1cc2c3c(c1)N(c1ccc(-c4cccc5sc6ccccc6c45)cc1)c1c(ccc(C(C)(C)C)c1C)B3c1cc3c4ccc(C(C)(C)C)cc4n(-c4ccccc4)c3cc1N2c1ccc(C(C)(C)C)cc1. The lowest BCUT2D eigenvalue weighted by molar-refractivity contribution is 0.586. The number of nitrogens with zero attached hydrogens (tertiary/aromatic N) is 3. The number of hydrogen-bond donors (Lipinski definition) is 0. The van der Waals surface area contributed by atoms with Gasteiger partial charge in [0.1, 0.15) is 0 Å². The first kappa shape index (κ1) is 45.5. The van der Waals surface area contributed by atoms with Crippen LogP contribution >= 0.6 is 11.3 Å². The molecule has 358 valence electrons. The van der Waals surface area contributed by atoms with Crippen molar-refractivity contribution in [3.05, 3.63) is 204 Å². The van der Waals surface area contributed by atoms with Gasteiger partial charge in [-0.25, -0.2) is 0 Å². The van der Waals surface area contributed by atoms with E-state index in [1.807, 2.05) is 11.3 Å². The van der Waals surface area contributed by atoms with Crippen molar-refractivity contribution in [1.82, 2.24) is 4.57 Å². The third-order valence-corrected chi connectivity index (χ3v) is 17.2. The molecule has 0 fully saturated rings. The first-order valence-electron chi connectivity index (χ1n) is 26.1. The molecule has 3 nitrogen and oxygen atoms in total. The summed E-state index contributed by atoms with van der Waals surface area (Å²) in [6, 6.07) is 67.6. The second-order valence-corrected chi connectivity index (χ2v) is 25.0. The molecule has 0 saturated heterocycles. The van der Waals surface area contributed by atoms with Crippen LogP contribution in [-0.2, 0) is 16.2 Å². The molecule has 0 aliphatic carbocycles. The van der Waals surface area contributed by atoms with Crippen LogP contribution < -0.4 is 26.2 Å². The minimum Gasteiger partial charge on any atom is -0.311 e. The standard InChI is InChI=1S/C68H62BN3S/c1-41-36-59-64-60(37-41)72(48-29-24-43(25-30-48)49-21-17-23-62-63(49)51-20-15-16-22-61(51)73-62)65-42(2)53(68(9,10)11)34-35-54(65)69(64)55-39-52-50-33-28-45(67(6,7)8)38-56(50)70(46-18-13-12-14-19-46)57(52)40-58(55)71(59)47-31-26-44(27-32-47)66(3,4)5/h12-40H,1-11H3. The van der Waals surface area contributed by atoms with Crippen LogP contribution in [0.4, 0.5) is 34.1 Å². The van der Waals surface area contributed by atoms with Crippen molar-refractivity contribution in [3.8, 4) is 16.8 Å². The molecule has 9 aromatic carbocycles. The predicted octanol–water partition coefficient (Wildman–Crippen LogP) is 17.4. The van der Waals surface area contributed by atoms with Crippen LogP contribution in [0.2, 0.25) is 0 Å². The van der Waals surface area contributed by atoms with Gasteiger partial charge in [-0.1, -0.05) is 165 Å². The molecule has 5 heteroatoms.